The molecule has 3 amide bonds. The third-order valence-corrected chi connectivity index (χ3v) is 2.91. The van der Waals surface area contributed by atoms with Gasteiger partial charge in [0.15, 0.2) is 0 Å². The second-order valence-corrected chi connectivity index (χ2v) is 4.43. The number of likely N-dealkylation sites (tertiary alicyclic amines) is 1. The summed E-state index contributed by atoms with van der Waals surface area (Å²) in [6.45, 7) is 1.47. The van der Waals surface area contributed by atoms with Gasteiger partial charge in [-0.1, -0.05) is 0 Å². The van der Waals surface area contributed by atoms with E-state index in [-0.39, 0.29) is 13.2 Å². The fourth-order valence-electron chi connectivity index (χ4n) is 1.99. The SMILES string of the molecule is CCOC(=O)C1CCCN1C(=O)NCC(=O)NCC(=O)O. The number of rotatable bonds is 6. The van der Waals surface area contributed by atoms with Crippen molar-refractivity contribution in [3.8, 4) is 0 Å². The van der Waals surface area contributed by atoms with Crippen LogP contribution in [0.3, 0.4) is 0 Å². The van der Waals surface area contributed by atoms with Gasteiger partial charge < -0.3 is 25.4 Å². The van der Waals surface area contributed by atoms with E-state index < -0.39 is 36.5 Å². The Morgan fingerprint density at radius 2 is 1.95 bits per heavy atom. The van der Waals surface area contributed by atoms with Gasteiger partial charge in [0.05, 0.1) is 13.2 Å². The average Bonchev–Trinajstić information content (AvgIpc) is 2.92. The van der Waals surface area contributed by atoms with Gasteiger partial charge in [0.25, 0.3) is 0 Å². The van der Waals surface area contributed by atoms with E-state index in [9.17, 15) is 19.2 Å². The summed E-state index contributed by atoms with van der Waals surface area (Å²) in [6.07, 6.45) is 1.21. The number of urea groups is 1. The van der Waals surface area contributed by atoms with Gasteiger partial charge in [0, 0.05) is 6.54 Å². The summed E-state index contributed by atoms with van der Waals surface area (Å²) in [5, 5.41) is 12.9. The Morgan fingerprint density at radius 3 is 2.57 bits per heavy atom. The molecule has 1 unspecified atom stereocenters. The van der Waals surface area contributed by atoms with Gasteiger partial charge >= 0.3 is 18.0 Å². The van der Waals surface area contributed by atoms with Crippen LogP contribution in [0.25, 0.3) is 0 Å². The van der Waals surface area contributed by atoms with Gasteiger partial charge in [-0.15, -0.1) is 0 Å². The molecule has 1 heterocycles. The predicted molar refractivity (Wildman–Crippen MR) is 70.4 cm³/mol. The van der Waals surface area contributed by atoms with E-state index in [0.29, 0.717) is 19.4 Å². The first kappa shape index (κ1) is 16.7. The molecule has 0 bridgehead atoms. The minimum Gasteiger partial charge on any atom is -0.480 e. The second-order valence-electron chi connectivity index (χ2n) is 4.43. The summed E-state index contributed by atoms with van der Waals surface area (Å²) < 4.78 is 4.89. The second kappa shape index (κ2) is 8.08. The van der Waals surface area contributed by atoms with Crippen LogP contribution >= 0.6 is 0 Å². The topological polar surface area (TPSA) is 125 Å². The standard InChI is InChI=1S/C12H19N3O6/c1-2-21-11(19)8-4-3-5-15(8)12(20)14-6-9(16)13-7-10(17)18/h8H,2-7H2,1H3,(H,13,16)(H,14,20)(H,17,18). The number of nitrogens with one attached hydrogen (secondary N) is 2. The number of carbonyl (C=O) groups is 4. The van der Waals surface area contributed by atoms with Crippen molar-refractivity contribution in [3.05, 3.63) is 0 Å². The molecule has 0 radical (unpaired) electrons. The number of carboxylic acid groups (broad SMARTS) is 1. The summed E-state index contributed by atoms with van der Waals surface area (Å²) in [5.74, 6) is -2.24. The van der Waals surface area contributed by atoms with Crippen molar-refractivity contribution < 1.29 is 29.0 Å². The summed E-state index contributed by atoms with van der Waals surface area (Å²) in [6, 6.07) is -1.18. The van der Waals surface area contributed by atoms with Crippen LogP contribution in [0, 0.1) is 0 Å². The average molecular weight is 301 g/mol. The fourth-order valence-corrected chi connectivity index (χ4v) is 1.99. The third-order valence-electron chi connectivity index (χ3n) is 2.91. The quantitative estimate of drug-likeness (QED) is 0.536. The highest BCUT2D eigenvalue weighted by atomic mass is 16.5. The van der Waals surface area contributed by atoms with Crippen LogP contribution in [-0.4, -0.2) is 66.2 Å². The van der Waals surface area contributed by atoms with Crippen LogP contribution in [0.1, 0.15) is 19.8 Å². The summed E-state index contributed by atoms with van der Waals surface area (Å²) in [4.78, 5) is 46.5. The zero-order valence-electron chi connectivity index (χ0n) is 11.8. The zero-order valence-corrected chi connectivity index (χ0v) is 11.8. The molecule has 3 N–H and O–H groups in total. The van der Waals surface area contributed by atoms with Crippen molar-refractivity contribution in [2.75, 3.05) is 26.2 Å². The van der Waals surface area contributed by atoms with Crippen LogP contribution < -0.4 is 10.6 Å². The number of hydrogen-bond donors (Lipinski definition) is 3. The molecule has 0 aromatic heterocycles. The number of nitrogens with zero attached hydrogens (tertiary/aromatic N) is 1. The summed E-state index contributed by atoms with van der Waals surface area (Å²) in [7, 11) is 0. The molecule has 9 nitrogen and oxygen atoms in total. The lowest BCUT2D eigenvalue weighted by Gasteiger charge is -2.23. The Hall–Kier alpha value is -2.32. The first-order valence-corrected chi connectivity index (χ1v) is 6.65. The van der Waals surface area contributed by atoms with E-state index >= 15 is 0 Å². The fraction of sp³-hybridized carbons (Fsp3) is 0.667. The summed E-state index contributed by atoms with van der Waals surface area (Å²) >= 11 is 0. The van der Waals surface area contributed by atoms with Gasteiger partial charge in [-0.05, 0) is 19.8 Å². The van der Waals surface area contributed by atoms with Gasteiger partial charge in [-0.25, -0.2) is 9.59 Å². The highest BCUT2D eigenvalue weighted by Gasteiger charge is 2.35. The van der Waals surface area contributed by atoms with Gasteiger partial charge in [-0.2, -0.15) is 0 Å². The van der Waals surface area contributed by atoms with Crippen molar-refractivity contribution in [2.24, 2.45) is 0 Å². The number of carboxylic acids is 1. The van der Waals surface area contributed by atoms with Crippen molar-refractivity contribution in [2.45, 2.75) is 25.8 Å². The molecule has 1 rings (SSSR count). The highest BCUT2D eigenvalue weighted by molar-refractivity contribution is 5.88. The number of esters is 1. The van der Waals surface area contributed by atoms with E-state index in [1.54, 1.807) is 6.92 Å². The summed E-state index contributed by atoms with van der Waals surface area (Å²) in [5.41, 5.74) is 0. The number of aliphatic carboxylic acids is 1. The molecule has 1 aliphatic rings. The largest absolute Gasteiger partial charge is 0.480 e. The lowest BCUT2D eigenvalue weighted by atomic mass is 10.2. The molecule has 0 aliphatic carbocycles. The Kier molecular flexibility index (Phi) is 6.44. The van der Waals surface area contributed by atoms with Crippen molar-refractivity contribution in [3.63, 3.8) is 0 Å². The number of carbonyl (C=O) groups excluding carboxylic acids is 3. The number of ether oxygens (including phenoxy) is 1. The van der Waals surface area contributed by atoms with E-state index in [4.69, 9.17) is 9.84 Å². The van der Waals surface area contributed by atoms with Crippen LogP contribution in [-0.2, 0) is 19.1 Å². The Bertz CT molecular complexity index is 425. The van der Waals surface area contributed by atoms with Crippen molar-refractivity contribution in [1.29, 1.82) is 0 Å². The molecule has 0 aromatic rings. The molecule has 0 saturated carbocycles. The minimum atomic E-state index is -1.17. The number of amides is 3. The number of hydrogen-bond acceptors (Lipinski definition) is 5. The molecule has 0 spiro atoms. The van der Waals surface area contributed by atoms with Crippen molar-refractivity contribution in [1.82, 2.24) is 15.5 Å². The monoisotopic (exact) mass is 301 g/mol. The molecule has 1 aliphatic heterocycles. The lowest BCUT2D eigenvalue weighted by Crippen LogP contribution is -2.49. The molecule has 1 atom stereocenters. The van der Waals surface area contributed by atoms with Crippen LogP contribution in [0.2, 0.25) is 0 Å². The van der Waals surface area contributed by atoms with E-state index in [1.807, 2.05) is 0 Å². The van der Waals surface area contributed by atoms with Gasteiger partial charge in [-0.3, -0.25) is 9.59 Å². The normalized spacial score (nSPS) is 17.2. The molecule has 1 saturated heterocycles. The Morgan fingerprint density at radius 1 is 1.24 bits per heavy atom. The predicted octanol–water partition coefficient (Wildman–Crippen LogP) is -1.08. The first-order valence-electron chi connectivity index (χ1n) is 6.65. The van der Waals surface area contributed by atoms with Gasteiger partial charge in [0.1, 0.15) is 12.6 Å². The van der Waals surface area contributed by atoms with Gasteiger partial charge in [0.2, 0.25) is 5.91 Å². The first-order chi connectivity index (χ1) is 9.95. The maximum atomic E-state index is 11.9. The molecular weight excluding hydrogens is 282 g/mol. The Labute approximate surface area is 121 Å². The van der Waals surface area contributed by atoms with Crippen molar-refractivity contribution >= 4 is 23.9 Å². The molecular formula is C12H19N3O6. The van der Waals surface area contributed by atoms with Crippen LogP contribution in [0.5, 0.6) is 0 Å². The molecule has 9 heteroatoms. The molecule has 1 fully saturated rings. The van der Waals surface area contributed by atoms with Crippen LogP contribution in [0.15, 0.2) is 0 Å². The molecule has 0 aromatic carbocycles. The van der Waals surface area contributed by atoms with E-state index in [0.717, 1.165) is 0 Å². The van der Waals surface area contributed by atoms with E-state index in [2.05, 4.69) is 10.6 Å². The highest BCUT2D eigenvalue weighted by Crippen LogP contribution is 2.18. The third kappa shape index (κ3) is 5.28. The smallest absolute Gasteiger partial charge is 0.328 e. The lowest BCUT2D eigenvalue weighted by molar-refractivity contribution is -0.147. The zero-order chi connectivity index (χ0) is 15.8. The van der Waals surface area contributed by atoms with E-state index in [1.165, 1.54) is 4.90 Å². The molecule has 118 valence electrons. The van der Waals surface area contributed by atoms with Crippen LogP contribution in [0.4, 0.5) is 4.79 Å². The molecule has 21 heavy (non-hydrogen) atoms. The minimum absolute atomic E-state index is 0.238. The maximum Gasteiger partial charge on any atom is 0.328 e. The Balaban J connectivity index is 2.41. The maximum absolute atomic E-state index is 11.9.